The topological polar surface area (TPSA) is 55.4 Å². The van der Waals surface area contributed by atoms with Crippen molar-refractivity contribution in [2.24, 2.45) is 0 Å². The number of hydrogen-bond acceptors (Lipinski definition) is 3. The predicted molar refractivity (Wildman–Crippen MR) is 119 cm³/mol. The lowest BCUT2D eigenvalue weighted by molar-refractivity contribution is 0.111. The van der Waals surface area contributed by atoms with Crippen molar-refractivity contribution in [2.45, 2.75) is 12.3 Å². The highest BCUT2D eigenvalue weighted by molar-refractivity contribution is 5.79. The van der Waals surface area contributed by atoms with Gasteiger partial charge in [-0.25, -0.2) is 9.18 Å². The number of aldehydes is 1. The molecule has 4 rings (SSSR count). The SMILES string of the molecule is O=Cc1cccc(C=CCCNC(=O)OCC2c3ccccc3-c3ccccc32)c1F. The van der Waals surface area contributed by atoms with E-state index in [1.807, 2.05) is 24.3 Å². The molecule has 3 aromatic carbocycles. The Bertz CT molecular complexity index is 1090. The van der Waals surface area contributed by atoms with Gasteiger partial charge in [0.05, 0.1) is 5.56 Å². The molecule has 3 aromatic rings. The lowest BCUT2D eigenvalue weighted by Crippen LogP contribution is -2.26. The van der Waals surface area contributed by atoms with Crippen LogP contribution in [0.2, 0.25) is 0 Å². The number of halogens is 1. The Kier molecular flexibility index (Phi) is 6.22. The molecule has 0 aromatic heterocycles. The minimum absolute atomic E-state index is 0.0196. The molecule has 156 valence electrons. The van der Waals surface area contributed by atoms with Crippen LogP contribution in [0.4, 0.5) is 9.18 Å². The van der Waals surface area contributed by atoms with Crippen LogP contribution in [0.1, 0.15) is 39.4 Å². The second kappa shape index (κ2) is 9.39. The van der Waals surface area contributed by atoms with Crippen molar-refractivity contribution in [2.75, 3.05) is 13.2 Å². The quantitative estimate of drug-likeness (QED) is 0.405. The van der Waals surface area contributed by atoms with Crippen molar-refractivity contribution in [1.29, 1.82) is 0 Å². The largest absolute Gasteiger partial charge is 0.449 e. The molecular formula is C26H22FNO3. The molecule has 0 aliphatic heterocycles. The summed E-state index contributed by atoms with van der Waals surface area (Å²) in [5.41, 5.74) is 5.06. The Balaban J connectivity index is 1.28. The van der Waals surface area contributed by atoms with Gasteiger partial charge in [-0.3, -0.25) is 4.79 Å². The third-order valence-corrected chi connectivity index (χ3v) is 5.41. The molecule has 0 atom stereocenters. The number of carbonyl (C=O) groups is 2. The molecule has 1 N–H and O–H groups in total. The van der Waals surface area contributed by atoms with Crippen molar-refractivity contribution in [3.05, 3.63) is 101 Å². The van der Waals surface area contributed by atoms with Crippen LogP contribution in [0.5, 0.6) is 0 Å². The highest BCUT2D eigenvalue weighted by Gasteiger charge is 2.28. The number of hydrogen-bond donors (Lipinski definition) is 1. The van der Waals surface area contributed by atoms with Crippen molar-refractivity contribution >= 4 is 18.5 Å². The standard InChI is InChI=1S/C26H22FNO3/c27-25-18(9-7-10-19(25)16-29)8-5-6-15-28-26(30)31-17-24-22-13-3-1-11-20(22)21-12-2-4-14-23(21)24/h1-5,7-14,16,24H,6,15,17H2,(H,28,30). The molecule has 0 saturated carbocycles. The molecule has 0 heterocycles. The molecule has 0 fully saturated rings. The number of benzene rings is 3. The maximum absolute atomic E-state index is 14.0. The second-order valence-electron chi connectivity index (χ2n) is 7.31. The zero-order valence-electron chi connectivity index (χ0n) is 16.9. The van der Waals surface area contributed by atoms with E-state index in [1.165, 1.54) is 28.3 Å². The van der Waals surface area contributed by atoms with Crippen molar-refractivity contribution in [3.63, 3.8) is 0 Å². The summed E-state index contributed by atoms with van der Waals surface area (Å²) in [5, 5.41) is 2.72. The highest BCUT2D eigenvalue weighted by atomic mass is 19.1. The monoisotopic (exact) mass is 415 g/mol. The smallest absolute Gasteiger partial charge is 0.407 e. The number of carbonyl (C=O) groups excluding carboxylic acids is 2. The number of rotatable bonds is 7. The lowest BCUT2D eigenvalue weighted by Gasteiger charge is -2.14. The van der Waals surface area contributed by atoms with Crippen molar-refractivity contribution in [1.82, 2.24) is 5.32 Å². The Morgan fingerprint density at radius 2 is 1.58 bits per heavy atom. The number of ether oxygens (including phenoxy) is 1. The molecule has 1 aliphatic carbocycles. The zero-order chi connectivity index (χ0) is 21.6. The summed E-state index contributed by atoms with van der Waals surface area (Å²) >= 11 is 0. The first-order chi connectivity index (χ1) is 15.2. The van der Waals surface area contributed by atoms with E-state index in [0.717, 1.165) is 0 Å². The number of alkyl carbamates (subject to hydrolysis) is 1. The first-order valence-electron chi connectivity index (χ1n) is 10.2. The lowest BCUT2D eigenvalue weighted by atomic mass is 9.98. The molecule has 0 saturated heterocycles. The molecule has 4 nitrogen and oxygen atoms in total. The van der Waals surface area contributed by atoms with E-state index < -0.39 is 11.9 Å². The third-order valence-electron chi connectivity index (χ3n) is 5.41. The zero-order valence-corrected chi connectivity index (χ0v) is 16.9. The van der Waals surface area contributed by atoms with Gasteiger partial charge < -0.3 is 10.1 Å². The van der Waals surface area contributed by atoms with E-state index in [0.29, 0.717) is 24.8 Å². The third kappa shape index (κ3) is 4.40. The number of nitrogens with one attached hydrogen (secondary N) is 1. The van der Waals surface area contributed by atoms with Crippen LogP contribution in [0.25, 0.3) is 17.2 Å². The van der Waals surface area contributed by atoms with Crippen LogP contribution in [0.15, 0.2) is 72.8 Å². The minimum atomic E-state index is -0.543. The highest BCUT2D eigenvalue weighted by Crippen LogP contribution is 2.44. The van der Waals surface area contributed by atoms with Gasteiger partial charge in [0.1, 0.15) is 12.4 Å². The Hall–Kier alpha value is -3.73. The van der Waals surface area contributed by atoms with E-state index in [1.54, 1.807) is 24.3 Å². The van der Waals surface area contributed by atoms with Gasteiger partial charge in [0.15, 0.2) is 6.29 Å². The summed E-state index contributed by atoms with van der Waals surface area (Å²) in [6.45, 7) is 0.627. The predicted octanol–water partition coefficient (Wildman–Crippen LogP) is 5.58. The fourth-order valence-corrected chi connectivity index (χ4v) is 3.91. The van der Waals surface area contributed by atoms with Crippen molar-refractivity contribution < 1.29 is 18.7 Å². The summed E-state index contributed by atoms with van der Waals surface area (Å²) in [5.74, 6) is -0.524. The van der Waals surface area contributed by atoms with Crippen LogP contribution >= 0.6 is 0 Å². The Labute approximate surface area is 180 Å². The van der Waals surface area contributed by atoms with E-state index in [9.17, 15) is 14.0 Å². The summed E-state index contributed by atoms with van der Waals surface area (Å²) in [6, 6.07) is 21.0. The van der Waals surface area contributed by atoms with Gasteiger partial charge in [0.25, 0.3) is 0 Å². The van der Waals surface area contributed by atoms with Gasteiger partial charge in [-0.05, 0) is 34.7 Å². The summed E-state index contributed by atoms with van der Waals surface area (Å²) < 4.78 is 19.5. The fraction of sp³-hybridized carbons (Fsp3) is 0.154. The molecule has 0 radical (unpaired) electrons. The minimum Gasteiger partial charge on any atom is -0.449 e. The fourth-order valence-electron chi connectivity index (χ4n) is 3.91. The van der Waals surface area contributed by atoms with Crippen LogP contribution in [-0.4, -0.2) is 25.5 Å². The van der Waals surface area contributed by atoms with Gasteiger partial charge in [-0.15, -0.1) is 0 Å². The molecule has 1 amide bonds. The normalized spacial score (nSPS) is 12.4. The van der Waals surface area contributed by atoms with Gasteiger partial charge in [-0.1, -0.05) is 72.8 Å². The molecular weight excluding hydrogens is 393 g/mol. The molecule has 1 aliphatic rings. The van der Waals surface area contributed by atoms with Gasteiger partial charge in [0.2, 0.25) is 0 Å². The van der Waals surface area contributed by atoms with Gasteiger partial charge in [-0.2, -0.15) is 0 Å². The van der Waals surface area contributed by atoms with Crippen LogP contribution < -0.4 is 5.32 Å². The van der Waals surface area contributed by atoms with E-state index >= 15 is 0 Å². The second-order valence-corrected chi connectivity index (χ2v) is 7.31. The first kappa shape index (κ1) is 20.5. The van der Waals surface area contributed by atoms with Gasteiger partial charge in [0, 0.05) is 18.0 Å². The summed E-state index contributed by atoms with van der Waals surface area (Å²) in [4.78, 5) is 22.9. The Morgan fingerprint density at radius 3 is 2.26 bits per heavy atom. The van der Waals surface area contributed by atoms with E-state index in [-0.39, 0.29) is 18.1 Å². The first-order valence-corrected chi connectivity index (χ1v) is 10.2. The molecule has 0 unspecified atom stereocenters. The number of fused-ring (bicyclic) bond motifs is 3. The van der Waals surface area contributed by atoms with Crippen LogP contribution in [0, 0.1) is 5.82 Å². The van der Waals surface area contributed by atoms with Crippen LogP contribution in [-0.2, 0) is 4.74 Å². The Morgan fingerprint density at radius 1 is 0.935 bits per heavy atom. The van der Waals surface area contributed by atoms with Gasteiger partial charge >= 0.3 is 6.09 Å². The van der Waals surface area contributed by atoms with Crippen LogP contribution in [0.3, 0.4) is 0 Å². The maximum atomic E-state index is 14.0. The maximum Gasteiger partial charge on any atom is 0.407 e. The average Bonchev–Trinajstić information content (AvgIpc) is 3.12. The molecule has 31 heavy (non-hydrogen) atoms. The number of amides is 1. The molecule has 0 bridgehead atoms. The summed E-state index contributed by atoms with van der Waals surface area (Å²) in [6.07, 6.45) is 3.86. The molecule has 5 heteroatoms. The summed E-state index contributed by atoms with van der Waals surface area (Å²) in [7, 11) is 0. The molecule has 0 spiro atoms. The van der Waals surface area contributed by atoms with E-state index in [4.69, 9.17) is 4.74 Å². The van der Waals surface area contributed by atoms with Crippen molar-refractivity contribution in [3.8, 4) is 11.1 Å². The average molecular weight is 415 g/mol. The van der Waals surface area contributed by atoms with E-state index in [2.05, 4.69) is 29.6 Å².